The summed E-state index contributed by atoms with van der Waals surface area (Å²) in [4.78, 5) is 11.7. The maximum absolute atomic E-state index is 12.9. The number of carbonyl (C=O) groups excluding carboxylic acids is 1. The Morgan fingerprint density at radius 2 is 1.81 bits per heavy atom. The Labute approximate surface area is 161 Å². The molecule has 144 valence electrons. The minimum absolute atomic E-state index is 0.140. The molecule has 0 aliphatic carbocycles. The highest BCUT2D eigenvalue weighted by molar-refractivity contribution is 7.89. The third-order valence-electron chi connectivity index (χ3n) is 4.93. The Morgan fingerprint density at radius 1 is 1.11 bits per heavy atom. The van der Waals surface area contributed by atoms with Gasteiger partial charge in [0.2, 0.25) is 10.0 Å². The van der Waals surface area contributed by atoms with Crippen molar-refractivity contribution in [3.05, 3.63) is 59.7 Å². The molecule has 1 fully saturated rings. The Balaban J connectivity index is 1.59. The van der Waals surface area contributed by atoms with Gasteiger partial charge in [-0.05, 0) is 62.4 Å². The van der Waals surface area contributed by atoms with E-state index >= 15 is 0 Å². The predicted octanol–water partition coefficient (Wildman–Crippen LogP) is 3.68. The number of ketones is 1. The van der Waals surface area contributed by atoms with E-state index in [4.69, 9.17) is 4.74 Å². The molecule has 0 saturated carbocycles. The van der Waals surface area contributed by atoms with Crippen LogP contribution in [0.2, 0.25) is 0 Å². The number of sulfonamides is 1. The zero-order valence-electron chi connectivity index (χ0n) is 15.7. The van der Waals surface area contributed by atoms with E-state index in [2.05, 4.69) is 0 Å². The van der Waals surface area contributed by atoms with Crippen molar-refractivity contribution in [3.63, 3.8) is 0 Å². The van der Waals surface area contributed by atoms with Crippen molar-refractivity contribution in [2.75, 3.05) is 19.7 Å². The van der Waals surface area contributed by atoms with Crippen LogP contribution in [0.25, 0.3) is 0 Å². The van der Waals surface area contributed by atoms with Crippen LogP contribution in [-0.2, 0) is 10.0 Å². The van der Waals surface area contributed by atoms with Crippen molar-refractivity contribution in [1.82, 2.24) is 4.31 Å². The number of aryl methyl sites for hydroxylation is 1. The molecule has 1 aliphatic heterocycles. The van der Waals surface area contributed by atoms with Crippen LogP contribution >= 0.6 is 0 Å². The molecule has 0 aromatic heterocycles. The van der Waals surface area contributed by atoms with E-state index in [-0.39, 0.29) is 10.7 Å². The summed E-state index contributed by atoms with van der Waals surface area (Å²) in [6.45, 7) is 4.99. The predicted molar refractivity (Wildman–Crippen MR) is 105 cm³/mol. The smallest absolute Gasteiger partial charge is 0.243 e. The van der Waals surface area contributed by atoms with Gasteiger partial charge in [0.1, 0.15) is 5.75 Å². The van der Waals surface area contributed by atoms with Gasteiger partial charge in [0, 0.05) is 18.7 Å². The first-order chi connectivity index (χ1) is 12.9. The van der Waals surface area contributed by atoms with E-state index < -0.39 is 10.0 Å². The molecule has 3 rings (SSSR count). The van der Waals surface area contributed by atoms with Crippen LogP contribution in [0.15, 0.2) is 53.4 Å². The molecule has 0 bridgehead atoms. The highest BCUT2D eigenvalue weighted by atomic mass is 32.2. The van der Waals surface area contributed by atoms with Crippen LogP contribution in [0.5, 0.6) is 5.75 Å². The zero-order chi connectivity index (χ0) is 19.4. The molecule has 0 amide bonds. The van der Waals surface area contributed by atoms with Gasteiger partial charge in [0.05, 0.1) is 11.5 Å². The lowest BCUT2D eigenvalue weighted by Crippen LogP contribution is -2.39. The minimum atomic E-state index is -3.57. The van der Waals surface area contributed by atoms with Gasteiger partial charge in [-0.15, -0.1) is 0 Å². The Hall–Kier alpha value is -2.18. The second kappa shape index (κ2) is 8.23. The summed E-state index contributed by atoms with van der Waals surface area (Å²) in [5, 5.41) is 0. The van der Waals surface area contributed by atoms with Crippen molar-refractivity contribution in [1.29, 1.82) is 0 Å². The van der Waals surface area contributed by atoms with Crippen LogP contribution in [0.3, 0.4) is 0 Å². The SMILES string of the molecule is CC(=O)c1cccc(S(=O)(=O)N2CCC(COc3cccc(C)c3)CC2)c1. The van der Waals surface area contributed by atoms with Gasteiger partial charge in [-0.3, -0.25) is 4.79 Å². The molecule has 0 radical (unpaired) electrons. The van der Waals surface area contributed by atoms with Gasteiger partial charge in [-0.2, -0.15) is 4.31 Å². The third kappa shape index (κ3) is 4.76. The molecule has 0 N–H and O–H groups in total. The van der Waals surface area contributed by atoms with Crippen molar-refractivity contribution in [2.24, 2.45) is 5.92 Å². The molecular formula is C21H25NO4S. The summed E-state index contributed by atoms with van der Waals surface area (Å²) in [7, 11) is -3.57. The molecule has 27 heavy (non-hydrogen) atoms. The summed E-state index contributed by atoms with van der Waals surface area (Å²) in [6, 6.07) is 14.2. The van der Waals surface area contributed by atoms with Gasteiger partial charge in [-0.1, -0.05) is 24.3 Å². The fourth-order valence-corrected chi connectivity index (χ4v) is 4.78. The Kier molecular flexibility index (Phi) is 5.97. The van der Waals surface area contributed by atoms with E-state index in [1.54, 1.807) is 18.2 Å². The molecule has 1 saturated heterocycles. The molecule has 1 heterocycles. The standard InChI is InChI=1S/C21H25NO4S/c1-16-5-3-7-20(13-16)26-15-18-9-11-22(12-10-18)27(24,25)21-8-4-6-19(14-21)17(2)23/h3-8,13-14,18H,9-12,15H2,1-2H3. The first-order valence-corrected chi connectivity index (χ1v) is 10.6. The number of hydrogen-bond acceptors (Lipinski definition) is 4. The fourth-order valence-electron chi connectivity index (χ4n) is 3.26. The van der Waals surface area contributed by atoms with Crippen LogP contribution in [-0.4, -0.2) is 38.2 Å². The van der Waals surface area contributed by atoms with Crippen LogP contribution in [0.4, 0.5) is 0 Å². The number of carbonyl (C=O) groups is 1. The first-order valence-electron chi connectivity index (χ1n) is 9.17. The van der Waals surface area contributed by atoms with Gasteiger partial charge in [-0.25, -0.2) is 8.42 Å². The van der Waals surface area contributed by atoms with E-state index in [9.17, 15) is 13.2 Å². The molecule has 2 aromatic rings. The lowest BCUT2D eigenvalue weighted by molar-refractivity contribution is 0.101. The average Bonchev–Trinajstić information content (AvgIpc) is 2.67. The Bertz CT molecular complexity index is 915. The largest absolute Gasteiger partial charge is 0.493 e. The number of benzene rings is 2. The molecular weight excluding hydrogens is 362 g/mol. The first kappa shape index (κ1) is 19.6. The number of ether oxygens (including phenoxy) is 1. The number of nitrogens with zero attached hydrogens (tertiary/aromatic N) is 1. The van der Waals surface area contributed by atoms with E-state index in [1.165, 1.54) is 17.3 Å². The average molecular weight is 388 g/mol. The number of rotatable bonds is 6. The molecule has 0 spiro atoms. The quantitative estimate of drug-likeness (QED) is 0.710. The molecule has 2 aromatic carbocycles. The van der Waals surface area contributed by atoms with E-state index in [0.29, 0.717) is 31.2 Å². The Morgan fingerprint density at radius 3 is 2.48 bits per heavy atom. The summed E-state index contributed by atoms with van der Waals surface area (Å²) >= 11 is 0. The minimum Gasteiger partial charge on any atom is -0.493 e. The highest BCUT2D eigenvalue weighted by Crippen LogP contribution is 2.25. The van der Waals surface area contributed by atoms with Gasteiger partial charge in [0.25, 0.3) is 0 Å². The molecule has 6 heteroatoms. The van der Waals surface area contributed by atoms with Crippen molar-refractivity contribution >= 4 is 15.8 Å². The lowest BCUT2D eigenvalue weighted by Gasteiger charge is -2.31. The monoisotopic (exact) mass is 387 g/mol. The molecule has 5 nitrogen and oxygen atoms in total. The highest BCUT2D eigenvalue weighted by Gasteiger charge is 2.30. The van der Waals surface area contributed by atoms with Gasteiger partial charge >= 0.3 is 0 Å². The second-order valence-electron chi connectivity index (χ2n) is 7.06. The van der Waals surface area contributed by atoms with Gasteiger partial charge in [0.15, 0.2) is 5.78 Å². The van der Waals surface area contributed by atoms with Crippen LogP contribution in [0.1, 0.15) is 35.7 Å². The zero-order valence-corrected chi connectivity index (χ0v) is 16.5. The van der Waals surface area contributed by atoms with E-state index in [0.717, 1.165) is 24.2 Å². The molecule has 0 unspecified atom stereocenters. The summed E-state index contributed by atoms with van der Waals surface area (Å²) in [6.07, 6.45) is 1.52. The maximum atomic E-state index is 12.9. The van der Waals surface area contributed by atoms with E-state index in [1.807, 2.05) is 31.2 Å². The summed E-state index contributed by atoms with van der Waals surface area (Å²) in [5.41, 5.74) is 1.57. The summed E-state index contributed by atoms with van der Waals surface area (Å²) in [5.74, 6) is 1.05. The summed E-state index contributed by atoms with van der Waals surface area (Å²) < 4.78 is 33.1. The number of hydrogen-bond donors (Lipinski definition) is 0. The fraction of sp³-hybridized carbons (Fsp3) is 0.381. The lowest BCUT2D eigenvalue weighted by atomic mass is 9.99. The normalized spacial score (nSPS) is 16.2. The van der Waals surface area contributed by atoms with Crippen molar-refractivity contribution < 1.29 is 17.9 Å². The van der Waals surface area contributed by atoms with Crippen molar-refractivity contribution in [3.8, 4) is 5.75 Å². The van der Waals surface area contributed by atoms with Crippen LogP contribution in [0, 0.1) is 12.8 Å². The molecule has 1 aliphatic rings. The number of piperidine rings is 1. The maximum Gasteiger partial charge on any atom is 0.243 e. The molecule has 0 atom stereocenters. The number of Topliss-reactive ketones (excluding diaryl/α,β-unsaturated/α-hetero) is 1. The van der Waals surface area contributed by atoms with Crippen LogP contribution < -0.4 is 4.74 Å². The third-order valence-corrected chi connectivity index (χ3v) is 6.82. The topological polar surface area (TPSA) is 63.7 Å². The van der Waals surface area contributed by atoms with Gasteiger partial charge < -0.3 is 4.74 Å². The van der Waals surface area contributed by atoms with Crippen molar-refractivity contribution in [2.45, 2.75) is 31.6 Å². The second-order valence-corrected chi connectivity index (χ2v) is 9.00.